The molecule has 1 saturated heterocycles. The van der Waals surface area contributed by atoms with Crippen LogP contribution in [0.25, 0.3) is 11.3 Å². The zero-order valence-electron chi connectivity index (χ0n) is 22.4. The molecule has 38 heavy (non-hydrogen) atoms. The van der Waals surface area contributed by atoms with Crippen LogP contribution in [0.3, 0.4) is 0 Å². The molecule has 1 aliphatic carbocycles. The SMILES string of the molecule is CC[C@H]1CN(C(C)c2ccn3nc(C4CC4)cc3n2)[C@H](CC)CN1c1nc(=O)n(C)c2cc(CC#N)nn12. The maximum absolute atomic E-state index is 12.8. The average molecular weight is 515 g/mol. The highest BCUT2D eigenvalue weighted by molar-refractivity contribution is 5.48. The molecule has 4 aromatic heterocycles. The van der Waals surface area contributed by atoms with Crippen molar-refractivity contribution in [2.24, 2.45) is 7.05 Å². The van der Waals surface area contributed by atoms with Crippen LogP contribution in [-0.4, -0.2) is 63.8 Å². The summed E-state index contributed by atoms with van der Waals surface area (Å²) in [6.07, 6.45) is 6.51. The Hall–Kier alpha value is -3.78. The van der Waals surface area contributed by atoms with Crippen LogP contribution >= 0.6 is 0 Å². The van der Waals surface area contributed by atoms with E-state index in [2.05, 4.69) is 58.9 Å². The quantitative estimate of drug-likeness (QED) is 0.370. The molecule has 11 nitrogen and oxygen atoms in total. The predicted molar refractivity (Wildman–Crippen MR) is 143 cm³/mol. The lowest BCUT2D eigenvalue weighted by Gasteiger charge is -2.48. The van der Waals surface area contributed by atoms with E-state index in [1.54, 1.807) is 17.6 Å². The number of aromatic nitrogens is 7. The predicted octanol–water partition coefficient (Wildman–Crippen LogP) is 2.85. The summed E-state index contributed by atoms with van der Waals surface area (Å²) < 4.78 is 5.11. The molecule has 0 aromatic carbocycles. The third kappa shape index (κ3) is 4.13. The van der Waals surface area contributed by atoms with Gasteiger partial charge >= 0.3 is 5.69 Å². The topological polar surface area (TPSA) is 113 Å². The number of hydrogen-bond donors (Lipinski definition) is 0. The van der Waals surface area contributed by atoms with Crippen molar-refractivity contribution in [3.05, 3.63) is 52.0 Å². The second-order valence-corrected chi connectivity index (χ2v) is 10.6. The van der Waals surface area contributed by atoms with Crippen LogP contribution in [0.2, 0.25) is 0 Å². The summed E-state index contributed by atoms with van der Waals surface area (Å²) in [4.78, 5) is 27.1. The standard InChI is InChI=1S/C27H34N10O/c1-5-20-16-35(26-30-27(38)33(4)25-13-19(9-11-28)31-37(25)26)21(6-2)15-34(20)17(3)22-10-12-36-24(29-22)14-23(32-36)18-7-8-18/h10,12-14,17-18,20-21H,5-9,15-16H2,1-4H3/t17?,20-,21+/m1/s1. The third-order valence-corrected chi connectivity index (χ3v) is 8.24. The number of aryl methyl sites for hydroxylation is 1. The fraction of sp³-hybridized carbons (Fsp3) is 0.556. The normalized spacial score (nSPS) is 21.3. The molecule has 11 heteroatoms. The molecule has 0 spiro atoms. The van der Waals surface area contributed by atoms with E-state index in [0.717, 1.165) is 43.0 Å². The lowest BCUT2D eigenvalue weighted by molar-refractivity contribution is 0.0980. The van der Waals surface area contributed by atoms with Crippen molar-refractivity contribution in [2.75, 3.05) is 18.0 Å². The minimum atomic E-state index is -0.321. The number of nitriles is 1. The number of rotatable bonds is 7. The van der Waals surface area contributed by atoms with Crippen LogP contribution in [0.1, 0.15) is 75.5 Å². The Balaban J connectivity index is 1.32. The molecule has 198 valence electrons. The molecule has 0 bridgehead atoms. The molecule has 2 aliphatic rings. The van der Waals surface area contributed by atoms with Gasteiger partial charge in [0, 0.05) is 62.5 Å². The van der Waals surface area contributed by atoms with Crippen molar-refractivity contribution in [3.8, 4) is 6.07 Å². The molecule has 0 amide bonds. The van der Waals surface area contributed by atoms with Gasteiger partial charge in [-0.05, 0) is 38.7 Å². The molecular formula is C27H34N10O. The molecule has 4 aromatic rings. The summed E-state index contributed by atoms with van der Waals surface area (Å²) >= 11 is 0. The van der Waals surface area contributed by atoms with Crippen LogP contribution in [0.15, 0.2) is 29.2 Å². The average Bonchev–Trinajstić information content (AvgIpc) is 3.55. The molecule has 1 unspecified atom stereocenters. The Labute approximate surface area is 221 Å². The van der Waals surface area contributed by atoms with Crippen LogP contribution in [0, 0.1) is 11.3 Å². The van der Waals surface area contributed by atoms with E-state index in [-0.39, 0.29) is 30.2 Å². The van der Waals surface area contributed by atoms with Crippen molar-refractivity contribution in [1.29, 1.82) is 5.26 Å². The van der Waals surface area contributed by atoms with E-state index in [9.17, 15) is 10.1 Å². The minimum Gasteiger partial charge on any atom is -0.335 e. The largest absolute Gasteiger partial charge is 0.352 e. The fourth-order valence-corrected chi connectivity index (χ4v) is 5.76. The monoisotopic (exact) mass is 514 g/mol. The number of fused-ring (bicyclic) bond motifs is 2. The first-order valence-electron chi connectivity index (χ1n) is 13.6. The first kappa shape index (κ1) is 24.6. The maximum Gasteiger partial charge on any atom is 0.352 e. The number of piperazine rings is 1. The molecule has 2 fully saturated rings. The van der Waals surface area contributed by atoms with Gasteiger partial charge in [0.1, 0.15) is 5.65 Å². The zero-order chi connectivity index (χ0) is 26.6. The zero-order valence-corrected chi connectivity index (χ0v) is 22.4. The summed E-state index contributed by atoms with van der Waals surface area (Å²) in [5, 5.41) is 18.5. The van der Waals surface area contributed by atoms with Crippen molar-refractivity contribution in [1.82, 2.24) is 38.7 Å². The van der Waals surface area contributed by atoms with E-state index in [1.807, 2.05) is 10.7 Å². The van der Waals surface area contributed by atoms with E-state index in [4.69, 9.17) is 10.1 Å². The minimum absolute atomic E-state index is 0.129. The highest BCUT2D eigenvalue weighted by Crippen LogP contribution is 2.39. The van der Waals surface area contributed by atoms with E-state index >= 15 is 0 Å². The Morgan fingerprint density at radius 2 is 1.89 bits per heavy atom. The number of nitrogens with zero attached hydrogens (tertiary/aromatic N) is 10. The van der Waals surface area contributed by atoms with Crippen LogP contribution < -0.4 is 10.6 Å². The van der Waals surface area contributed by atoms with Crippen LogP contribution in [0.4, 0.5) is 5.95 Å². The lowest BCUT2D eigenvalue weighted by Crippen LogP contribution is -2.59. The molecule has 0 radical (unpaired) electrons. The Morgan fingerprint density at radius 3 is 2.61 bits per heavy atom. The second-order valence-electron chi connectivity index (χ2n) is 10.6. The summed E-state index contributed by atoms with van der Waals surface area (Å²) in [7, 11) is 1.69. The van der Waals surface area contributed by atoms with Crippen molar-refractivity contribution < 1.29 is 0 Å². The van der Waals surface area contributed by atoms with Gasteiger partial charge in [-0.25, -0.2) is 14.3 Å². The van der Waals surface area contributed by atoms with Crippen molar-refractivity contribution >= 4 is 17.2 Å². The molecule has 3 atom stereocenters. The highest BCUT2D eigenvalue weighted by Gasteiger charge is 2.37. The second kappa shape index (κ2) is 9.51. The lowest BCUT2D eigenvalue weighted by atomic mass is 9.99. The third-order valence-electron chi connectivity index (χ3n) is 8.24. The Morgan fingerprint density at radius 1 is 1.11 bits per heavy atom. The molecule has 1 aliphatic heterocycles. The molecule has 5 heterocycles. The molecule has 6 rings (SSSR count). The Bertz CT molecular complexity index is 1590. The fourth-order valence-electron chi connectivity index (χ4n) is 5.76. The van der Waals surface area contributed by atoms with Gasteiger partial charge in [-0.3, -0.25) is 9.47 Å². The number of anilines is 1. The van der Waals surface area contributed by atoms with E-state index in [1.165, 1.54) is 17.4 Å². The van der Waals surface area contributed by atoms with Gasteiger partial charge < -0.3 is 4.90 Å². The van der Waals surface area contributed by atoms with Gasteiger partial charge in [0.05, 0.1) is 29.6 Å². The van der Waals surface area contributed by atoms with E-state index < -0.39 is 0 Å². The van der Waals surface area contributed by atoms with Gasteiger partial charge in [-0.1, -0.05) is 13.8 Å². The summed E-state index contributed by atoms with van der Waals surface area (Å²) in [6.45, 7) is 8.16. The van der Waals surface area contributed by atoms with Crippen molar-refractivity contribution in [2.45, 2.75) is 76.9 Å². The number of hydrogen-bond acceptors (Lipinski definition) is 8. The smallest absolute Gasteiger partial charge is 0.335 e. The van der Waals surface area contributed by atoms with Crippen LogP contribution in [0.5, 0.6) is 0 Å². The summed E-state index contributed by atoms with van der Waals surface area (Å²) in [6, 6.07) is 8.70. The summed E-state index contributed by atoms with van der Waals surface area (Å²) in [5.74, 6) is 1.15. The van der Waals surface area contributed by atoms with Crippen molar-refractivity contribution in [3.63, 3.8) is 0 Å². The molecular weight excluding hydrogens is 480 g/mol. The Kier molecular flexibility index (Phi) is 6.14. The van der Waals surface area contributed by atoms with Gasteiger partial charge in [-0.2, -0.15) is 25.0 Å². The maximum atomic E-state index is 12.8. The van der Waals surface area contributed by atoms with Gasteiger partial charge in [-0.15, -0.1) is 0 Å². The highest BCUT2D eigenvalue weighted by atomic mass is 16.1. The van der Waals surface area contributed by atoms with Crippen LogP contribution in [-0.2, 0) is 13.5 Å². The first-order valence-corrected chi connectivity index (χ1v) is 13.6. The summed E-state index contributed by atoms with van der Waals surface area (Å²) in [5.41, 5.74) is 4.07. The molecule has 1 saturated carbocycles. The van der Waals surface area contributed by atoms with Gasteiger partial charge in [0.25, 0.3) is 0 Å². The first-order chi connectivity index (χ1) is 18.4. The molecule has 0 N–H and O–H groups in total. The van der Waals surface area contributed by atoms with Gasteiger partial charge in [0.15, 0.2) is 5.65 Å². The van der Waals surface area contributed by atoms with Gasteiger partial charge in [0.2, 0.25) is 5.95 Å². The van der Waals surface area contributed by atoms with E-state index in [0.29, 0.717) is 23.2 Å².